The van der Waals surface area contributed by atoms with Crippen molar-refractivity contribution in [2.24, 2.45) is 0 Å². The average Bonchev–Trinajstić information content (AvgIpc) is 2.70. The van der Waals surface area contributed by atoms with E-state index < -0.39 is 5.41 Å². The molecule has 0 aliphatic heterocycles. The molecule has 0 heterocycles. The summed E-state index contributed by atoms with van der Waals surface area (Å²) in [7, 11) is 0. The van der Waals surface area contributed by atoms with Crippen LogP contribution in [-0.2, 0) is 10.2 Å². The third-order valence-electron chi connectivity index (χ3n) is 5.35. The van der Waals surface area contributed by atoms with Gasteiger partial charge in [0.25, 0.3) is 0 Å². The number of hydrogen-bond donors (Lipinski definition) is 1. The van der Waals surface area contributed by atoms with E-state index in [1.54, 1.807) is 0 Å². The van der Waals surface area contributed by atoms with E-state index >= 15 is 0 Å². The molecular formula is C23H29NO2. The average molecular weight is 351 g/mol. The van der Waals surface area contributed by atoms with Crippen LogP contribution in [0, 0.1) is 0 Å². The molecule has 1 amide bonds. The van der Waals surface area contributed by atoms with Crippen molar-refractivity contribution in [2.45, 2.75) is 57.3 Å². The van der Waals surface area contributed by atoms with Crippen molar-refractivity contribution in [2.75, 3.05) is 11.9 Å². The number of nitrogens with one attached hydrogen (secondary N) is 1. The summed E-state index contributed by atoms with van der Waals surface area (Å²) in [6, 6.07) is 18.0. The molecule has 138 valence electrons. The van der Waals surface area contributed by atoms with Crippen LogP contribution in [-0.4, -0.2) is 12.5 Å². The number of unbranched alkanes of at least 4 members (excludes halogenated alkanes) is 1. The van der Waals surface area contributed by atoms with E-state index in [4.69, 9.17) is 4.74 Å². The lowest BCUT2D eigenvalue weighted by molar-refractivity contribution is -0.122. The lowest BCUT2D eigenvalue weighted by atomic mass is 9.68. The van der Waals surface area contributed by atoms with E-state index in [9.17, 15) is 4.79 Å². The Morgan fingerprint density at radius 2 is 1.69 bits per heavy atom. The van der Waals surface area contributed by atoms with Crippen molar-refractivity contribution in [3.63, 3.8) is 0 Å². The van der Waals surface area contributed by atoms with Gasteiger partial charge in [0.1, 0.15) is 5.75 Å². The summed E-state index contributed by atoms with van der Waals surface area (Å²) in [5.74, 6) is 0.968. The zero-order valence-corrected chi connectivity index (χ0v) is 15.7. The fourth-order valence-electron chi connectivity index (χ4n) is 3.78. The molecule has 1 fully saturated rings. The van der Waals surface area contributed by atoms with Crippen molar-refractivity contribution in [3.05, 3.63) is 60.2 Å². The van der Waals surface area contributed by atoms with Crippen molar-refractivity contribution < 1.29 is 9.53 Å². The molecule has 1 aliphatic rings. The van der Waals surface area contributed by atoms with E-state index in [0.29, 0.717) is 0 Å². The van der Waals surface area contributed by atoms with Gasteiger partial charge in [-0.3, -0.25) is 4.79 Å². The van der Waals surface area contributed by atoms with Gasteiger partial charge in [-0.15, -0.1) is 0 Å². The normalized spacial score (nSPS) is 16.0. The number of ether oxygens (including phenoxy) is 1. The Bertz CT molecular complexity index is 688. The molecule has 2 aromatic carbocycles. The molecule has 0 spiro atoms. The Morgan fingerprint density at radius 3 is 2.35 bits per heavy atom. The maximum absolute atomic E-state index is 13.2. The number of carbonyl (C=O) groups excluding carboxylic acids is 1. The maximum atomic E-state index is 13.2. The van der Waals surface area contributed by atoms with Gasteiger partial charge < -0.3 is 10.1 Å². The second kappa shape index (κ2) is 8.88. The fraction of sp³-hybridized carbons (Fsp3) is 0.435. The molecule has 2 aromatic rings. The Labute approximate surface area is 156 Å². The molecule has 0 atom stereocenters. The first kappa shape index (κ1) is 18.5. The van der Waals surface area contributed by atoms with Gasteiger partial charge in [0.2, 0.25) is 5.91 Å². The highest BCUT2D eigenvalue weighted by Gasteiger charge is 2.40. The first-order chi connectivity index (χ1) is 12.7. The molecule has 26 heavy (non-hydrogen) atoms. The lowest BCUT2D eigenvalue weighted by Crippen LogP contribution is -2.42. The largest absolute Gasteiger partial charge is 0.494 e. The quantitative estimate of drug-likeness (QED) is 0.649. The van der Waals surface area contributed by atoms with Gasteiger partial charge in [-0.1, -0.05) is 62.9 Å². The highest BCUT2D eigenvalue weighted by Crippen LogP contribution is 2.40. The van der Waals surface area contributed by atoms with Crippen molar-refractivity contribution in [1.29, 1.82) is 0 Å². The molecule has 0 bridgehead atoms. The van der Waals surface area contributed by atoms with Crippen molar-refractivity contribution in [3.8, 4) is 5.75 Å². The summed E-state index contributed by atoms with van der Waals surface area (Å²) in [4.78, 5) is 13.2. The number of benzene rings is 2. The summed E-state index contributed by atoms with van der Waals surface area (Å²) < 4.78 is 5.70. The Kier molecular flexibility index (Phi) is 6.32. The van der Waals surface area contributed by atoms with Crippen LogP contribution in [0.15, 0.2) is 54.6 Å². The molecule has 0 aromatic heterocycles. The zero-order valence-electron chi connectivity index (χ0n) is 15.7. The summed E-state index contributed by atoms with van der Waals surface area (Å²) >= 11 is 0. The Balaban J connectivity index is 1.72. The first-order valence-electron chi connectivity index (χ1n) is 9.84. The van der Waals surface area contributed by atoms with Crippen LogP contribution in [0.1, 0.15) is 57.4 Å². The SMILES string of the molecule is CCCCOc1ccc(NC(=O)C2(c3ccccc3)CCCCC2)cc1. The molecule has 0 unspecified atom stereocenters. The van der Waals surface area contributed by atoms with E-state index in [-0.39, 0.29) is 5.91 Å². The number of rotatable bonds is 7. The van der Waals surface area contributed by atoms with Crippen molar-refractivity contribution >= 4 is 11.6 Å². The lowest BCUT2D eigenvalue weighted by Gasteiger charge is -2.36. The molecule has 3 heteroatoms. The summed E-state index contributed by atoms with van der Waals surface area (Å²) in [6.45, 7) is 2.88. The Morgan fingerprint density at radius 1 is 1.00 bits per heavy atom. The van der Waals surface area contributed by atoms with E-state index in [1.807, 2.05) is 42.5 Å². The van der Waals surface area contributed by atoms with Crippen LogP contribution in [0.25, 0.3) is 0 Å². The molecule has 1 saturated carbocycles. The summed E-state index contributed by atoms with van der Waals surface area (Å²) in [5, 5.41) is 3.15. The molecule has 0 radical (unpaired) electrons. The standard InChI is InChI=1S/C23H29NO2/c1-2-3-18-26-21-14-12-20(13-15-21)24-22(25)23(16-8-5-9-17-23)19-10-6-4-7-11-19/h4,6-7,10-15H,2-3,5,8-9,16-18H2,1H3,(H,24,25). The minimum Gasteiger partial charge on any atom is -0.494 e. The second-order valence-electron chi connectivity index (χ2n) is 7.19. The van der Waals surface area contributed by atoms with E-state index in [2.05, 4.69) is 24.4 Å². The van der Waals surface area contributed by atoms with Gasteiger partial charge in [0.05, 0.1) is 12.0 Å². The number of hydrogen-bond acceptors (Lipinski definition) is 2. The molecular weight excluding hydrogens is 322 g/mol. The smallest absolute Gasteiger partial charge is 0.235 e. The third kappa shape index (κ3) is 4.27. The van der Waals surface area contributed by atoms with Crippen LogP contribution in [0.4, 0.5) is 5.69 Å². The van der Waals surface area contributed by atoms with Crippen molar-refractivity contribution in [1.82, 2.24) is 0 Å². The van der Waals surface area contributed by atoms with E-state index in [1.165, 1.54) is 6.42 Å². The maximum Gasteiger partial charge on any atom is 0.235 e. The van der Waals surface area contributed by atoms with Crippen LogP contribution < -0.4 is 10.1 Å². The van der Waals surface area contributed by atoms with E-state index in [0.717, 1.165) is 62.1 Å². The van der Waals surface area contributed by atoms with Crippen LogP contribution in [0.2, 0.25) is 0 Å². The second-order valence-corrected chi connectivity index (χ2v) is 7.19. The number of anilines is 1. The number of amides is 1. The molecule has 3 rings (SSSR count). The van der Waals surface area contributed by atoms with Gasteiger partial charge >= 0.3 is 0 Å². The van der Waals surface area contributed by atoms with Crippen LogP contribution in [0.5, 0.6) is 5.75 Å². The third-order valence-corrected chi connectivity index (χ3v) is 5.35. The Hall–Kier alpha value is -2.29. The van der Waals surface area contributed by atoms with Gasteiger partial charge in [-0.25, -0.2) is 0 Å². The molecule has 1 aliphatic carbocycles. The minimum absolute atomic E-state index is 0.114. The molecule has 3 nitrogen and oxygen atoms in total. The van der Waals surface area contributed by atoms with Gasteiger partial charge in [0, 0.05) is 5.69 Å². The first-order valence-corrected chi connectivity index (χ1v) is 9.84. The highest BCUT2D eigenvalue weighted by molar-refractivity contribution is 5.99. The predicted octanol–water partition coefficient (Wildman–Crippen LogP) is 5.71. The monoisotopic (exact) mass is 351 g/mol. The summed E-state index contributed by atoms with van der Waals surface area (Å²) in [6.07, 6.45) is 7.43. The van der Waals surface area contributed by atoms with Crippen LogP contribution in [0.3, 0.4) is 0 Å². The number of carbonyl (C=O) groups is 1. The zero-order chi connectivity index (χ0) is 18.2. The fourth-order valence-corrected chi connectivity index (χ4v) is 3.78. The topological polar surface area (TPSA) is 38.3 Å². The highest BCUT2D eigenvalue weighted by atomic mass is 16.5. The van der Waals surface area contributed by atoms with Gasteiger partial charge in [-0.05, 0) is 49.1 Å². The van der Waals surface area contributed by atoms with Gasteiger partial charge in [-0.2, -0.15) is 0 Å². The van der Waals surface area contributed by atoms with Crippen LogP contribution >= 0.6 is 0 Å². The molecule has 0 saturated heterocycles. The summed E-state index contributed by atoms with van der Waals surface area (Å²) in [5.41, 5.74) is 1.56. The predicted molar refractivity (Wildman–Crippen MR) is 107 cm³/mol. The van der Waals surface area contributed by atoms with Gasteiger partial charge in [0.15, 0.2) is 0 Å². The minimum atomic E-state index is -0.407. The molecule has 1 N–H and O–H groups in total.